The summed E-state index contributed by atoms with van der Waals surface area (Å²) in [6.07, 6.45) is 1.64. The zero-order chi connectivity index (χ0) is 17.8. The lowest BCUT2D eigenvalue weighted by molar-refractivity contribution is 0.0995. The summed E-state index contributed by atoms with van der Waals surface area (Å²) in [5.74, 6) is 0.105. The molecule has 1 heterocycles. The zero-order valence-electron chi connectivity index (χ0n) is 13.7. The molecule has 0 saturated heterocycles. The summed E-state index contributed by atoms with van der Waals surface area (Å²) in [5.41, 5.74) is 1.47. The fourth-order valence-corrected chi connectivity index (χ4v) is 2.46. The third-order valence-electron chi connectivity index (χ3n) is 3.76. The quantitative estimate of drug-likeness (QED) is 0.555. The number of amides is 1. The molecule has 0 aliphatic heterocycles. The van der Waals surface area contributed by atoms with Crippen LogP contribution in [0.25, 0.3) is 10.9 Å². The largest absolute Gasteiger partial charge is 0.493 e. The molecule has 2 aromatic carbocycles. The van der Waals surface area contributed by atoms with Crippen LogP contribution in [-0.2, 0) is 7.05 Å². The summed E-state index contributed by atoms with van der Waals surface area (Å²) < 4.78 is 6.96. The lowest BCUT2D eigenvalue weighted by Crippen LogP contribution is -1.96. The summed E-state index contributed by atoms with van der Waals surface area (Å²) >= 11 is 0. The number of hydrogen-bond donors (Lipinski definition) is 1. The molecule has 0 aliphatic carbocycles. The number of ether oxygens (including phenoxy) is 1. The predicted octanol–water partition coefficient (Wildman–Crippen LogP) is 4.37. The highest BCUT2D eigenvalue weighted by molar-refractivity contribution is 5.97. The van der Waals surface area contributed by atoms with Crippen molar-refractivity contribution in [3.8, 4) is 11.6 Å². The SMILES string of the molecule is C=CCOc1ccc(C(=O)N=Nc2c(O)n(C)c3ccccc23)cc1. The molecule has 0 aliphatic rings. The van der Waals surface area contributed by atoms with Gasteiger partial charge in [-0.25, -0.2) is 0 Å². The highest BCUT2D eigenvalue weighted by atomic mass is 16.5. The molecule has 3 aromatic rings. The van der Waals surface area contributed by atoms with Crippen molar-refractivity contribution < 1.29 is 14.6 Å². The highest BCUT2D eigenvalue weighted by Gasteiger charge is 2.14. The molecule has 126 valence electrons. The number of para-hydroxylation sites is 1. The molecule has 25 heavy (non-hydrogen) atoms. The van der Waals surface area contributed by atoms with Gasteiger partial charge in [0.2, 0.25) is 5.88 Å². The molecule has 0 unspecified atom stereocenters. The Morgan fingerprint density at radius 3 is 2.68 bits per heavy atom. The van der Waals surface area contributed by atoms with E-state index in [1.165, 1.54) is 0 Å². The Kier molecular flexibility index (Phi) is 4.61. The number of hydrogen-bond acceptors (Lipinski definition) is 4. The third-order valence-corrected chi connectivity index (χ3v) is 3.76. The van der Waals surface area contributed by atoms with Crippen molar-refractivity contribution in [2.45, 2.75) is 0 Å². The molecule has 1 N–H and O–H groups in total. The van der Waals surface area contributed by atoms with Crippen LogP contribution in [0.1, 0.15) is 10.4 Å². The molecular weight excluding hydrogens is 318 g/mol. The van der Waals surface area contributed by atoms with Crippen LogP contribution < -0.4 is 4.74 Å². The van der Waals surface area contributed by atoms with Crippen molar-refractivity contribution in [2.75, 3.05) is 6.61 Å². The normalized spacial score (nSPS) is 11.1. The number of carbonyl (C=O) groups excluding carboxylic acids is 1. The van der Waals surface area contributed by atoms with Gasteiger partial charge >= 0.3 is 0 Å². The van der Waals surface area contributed by atoms with Gasteiger partial charge in [0.15, 0.2) is 5.69 Å². The van der Waals surface area contributed by atoms with Gasteiger partial charge in [0.25, 0.3) is 5.91 Å². The van der Waals surface area contributed by atoms with E-state index in [0.29, 0.717) is 17.9 Å². The minimum Gasteiger partial charge on any atom is -0.493 e. The minimum atomic E-state index is -0.498. The standard InChI is InChI=1S/C19H17N3O3/c1-3-12-25-14-10-8-13(9-11-14)18(23)21-20-17-15-6-4-5-7-16(15)22(2)19(17)24/h3-11,24H,1,12H2,2H3. The number of fused-ring (bicyclic) bond motifs is 1. The molecule has 0 bridgehead atoms. The van der Waals surface area contributed by atoms with Crippen molar-refractivity contribution in [2.24, 2.45) is 17.3 Å². The number of aromatic nitrogens is 1. The van der Waals surface area contributed by atoms with E-state index in [2.05, 4.69) is 16.8 Å². The van der Waals surface area contributed by atoms with Crippen LogP contribution >= 0.6 is 0 Å². The van der Waals surface area contributed by atoms with E-state index >= 15 is 0 Å². The number of carbonyl (C=O) groups is 1. The number of azo groups is 1. The maximum absolute atomic E-state index is 12.2. The van der Waals surface area contributed by atoms with E-state index in [0.717, 1.165) is 10.9 Å². The van der Waals surface area contributed by atoms with Crippen LogP contribution in [0.5, 0.6) is 11.6 Å². The first-order valence-corrected chi connectivity index (χ1v) is 7.68. The average Bonchev–Trinajstić information content (AvgIpc) is 2.89. The Bertz CT molecular complexity index is 956. The van der Waals surface area contributed by atoms with Gasteiger partial charge < -0.3 is 14.4 Å². The van der Waals surface area contributed by atoms with Gasteiger partial charge in [-0.3, -0.25) is 4.79 Å². The molecule has 0 spiro atoms. The number of nitrogens with zero attached hydrogens (tertiary/aromatic N) is 3. The van der Waals surface area contributed by atoms with Crippen molar-refractivity contribution in [3.05, 3.63) is 66.7 Å². The molecule has 0 saturated carbocycles. The fraction of sp³-hybridized carbons (Fsp3) is 0.105. The van der Waals surface area contributed by atoms with Gasteiger partial charge in [0, 0.05) is 18.0 Å². The molecule has 0 atom stereocenters. The third kappa shape index (κ3) is 3.28. The summed E-state index contributed by atoms with van der Waals surface area (Å²) in [6, 6.07) is 14.0. The van der Waals surface area contributed by atoms with Crippen molar-refractivity contribution in [1.82, 2.24) is 4.57 Å². The van der Waals surface area contributed by atoms with Crippen LogP contribution in [0, 0.1) is 0 Å². The van der Waals surface area contributed by atoms with Crippen molar-refractivity contribution in [3.63, 3.8) is 0 Å². The van der Waals surface area contributed by atoms with Crippen molar-refractivity contribution in [1.29, 1.82) is 0 Å². The van der Waals surface area contributed by atoms with Crippen LogP contribution in [-0.4, -0.2) is 22.2 Å². The van der Waals surface area contributed by atoms with Crippen LogP contribution in [0.15, 0.2) is 71.4 Å². The Morgan fingerprint density at radius 1 is 1.24 bits per heavy atom. The maximum Gasteiger partial charge on any atom is 0.295 e. The van der Waals surface area contributed by atoms with Crippen molar-refractivity contribution >= 4 is 22.5 Å². The molecule has 0 radical (unpaired) electrons. The summed E-state index contributed by atoms with van der Waals surface area (Å²) in [4.78, 5) is 12.2. The van der Waals surface area contributed by atoms with Crippen LogP contribution in [0.2, 0.25) is 0 Å². The molecule has 0 fully saturated rings. The molecule has 6 nitrogen and oxygen atoms in total. The second kappa shape index (κ2) is 7.00. The smallest absolute Gasteiger partial charge is 0.295 e. The topological polar surface area (TPSA) is 76.2 Å². The number of benzene rings is 2. The van der Waals surface area contributed by atoms with Crippen LogP contribution in [0.4, 0.5) is 5.69 Å². The summed E-state index contributed by atoms with van der Waals surface area (Å²) in [5, 5.41) is 18.6. The number of rotatable bonds is 5. The lowest BCUT2D eigenvalue weighted by atomic mass is 10.2. The fourth-order valence-electron chi connectivity index (χ4n) is 2.46. The second-order valence-corrected chi connectivity index (χ2v) is 5.38. The van der Waals surface area contributed by atoms with E-state index in [4.69, 9.17) is 4.74 Å². The molecule has 1 aromatic heterocycles. The maximum atomic E-state index is 12.2. The summed E-state index contributed by atoms with van der Waals surface area (Å²) in [6.45, 7) is 3.97. The van der Waals surface area contributed by atoms with Gasteiger partial charge in [-0.15, -0.1) is 10.2 Å². The van der Waals surface area contributed by atoms with E-state index < -0.39 is 5.91 Å². The average molecular weight is 335 g/mol. The number of aryl methyl sites for hydroxylation is 1. The zero-order valence-corrected chi connectivity index (χ0v) is 13.7. The van der Waals surface area contributed by atoms with E-state index in [1.54, 1.807) is 42.0 Å². The van der Waals surface area contributed by atoms with Gasteiger partial charge in [-0.05, 0) is 30.3 Å². The van der Waals surface area contributed by atoms with E-state index in [1.807, 2.05) is 24.3 Å². The monoisotopic (exact) mass is 335 g/mol. The Hall–Kier alpha value is -3.41. The molecular formula is C19H17N3O3. The van der Waals surface area contributed by atoms with E-state index in [-0.39, 0.29) is 11.6 Å². The summed E-state index contributed by atoms with van der Waals surface area (Å²) in [7, 11) is 1.72. The predicted molar refractivity (Wildman–Crippen MR) is 95.6 cm³/mol. The lowest BCUT2D eigenvalue weighted by Gasteiger charge is -2.02. The first-order chi connectivity index (χ1) is 12.1. The first-order valence-electron chi connectivity index (χ1n) is 7.68. The Morgan fingerprint density at radius 2 is 1.96 bits per heavy atom. The Balaban J connectivity index is 1.84. The van der Waals surface area contributed by atoms with Gasteiger partial charge in [0.1, 0.15) is 12.4 Å². The van der Waals surface area contributed by atoms with Gasteiger partial charge in [-0.1, -0.05) is 30.9 Å². The van der Waals surface area contributed by atoms with Crippen LogP contribution in [0.3, 0.4) is 0 Å². The molecule has 1 amide bonds. The second-order valence-electron chi connectivity index (χ2n) is 5.38. The van der Waals surface area contributed by atoms with Gasteiger partial charge in [-0.2, -0.15) is 0 Å². The van der Waals surface area contributed by atoms with E-state index in [9.17, 15) is 9.90 Å². The first kappa shape index (κ1) is 16.4. The minimum absolute atomic E-state index is 0.0362. The molecule has 3 rings (SSSR count). The Labute approximate surface area is 144 Å². The van der Waals surface area contributed by atoms with Gasteiger partial charge in [0.05, 0.1) is 5.52 Å². The highest BCUT2D eigenvalue weighted by Crippen LogP contribution is 2.37. The number of aromatic hydroxyl groups is 1. The molecule has 6 heteroatoms.